The van der Waals surface area contributed by atoms with Gasteiger partial charge in [-0.2, -0.15) is 11.8 Å². The van der Waals surface area contributed by atoms with E-state index in [2.05, 4.69) is 15.3 Å². The van der Waals surface area contributed by atoms with Gasteiger partial charge in [-0.1, -0.05) is 12.1 Å². The summed E-state index contributed by atoms with van der Waals surface area (Å²) in [4.78, 5) is 30.3. The lowest BCUT2D eigenvalue weighted by molar-refractivity contribution is 0.0948. The third-order valence-electron chi connectivity index (χ3n) is 2.94. The summed E-state index contributed by atoms with van der Waals surface area (Å²) in [6.07, 6.45) is 2.53. The van der Waals surface area contributed by atoms with Gasteiger partial charge in [0, 0.05) is 12.6 Å². The third kappa shape index (κ3) is 4.63. The number of carbonyl (C=O) groups is 1. The Morgan fingerprint density at radius 2 is 2.09 bits per heavy atom. The predicted molar refractivity (Wildman–Crippen MR) is 86.2 cm³/mol. The van der Waals surface area contributed by atoms with Crippen molar-refractivity contribution in [3.63, 3.8) is 0 Å². The molecule has 0 aliphatic rings. The molecule has 0 spiro atoms. The van der Waals surface area contributed by atoms with E-state index < -0.39 is 0 Å². The second-order valence-electron chi connectivity index (χ2n) is 4.68. The number of aromatic nitrogens is 2. The van der Waals surface area contributed by atoms with Crippen LogP contribution in [-0.2, 0) is 12.2 Å². The van der Waals surface area contributed by atoms with Gasteiger partial charge >= 0.3 is 0 Å². The lowest BCUT2D eigenvalue weighted by Crippen LogP contribution is -2.28. The fraction of sp³-hybridized carbons (Fsp3) is 0.267. The van der Waals surface area contributed by atoms with Crippen molar-refractivity contribution in [3.05, 3.63) is 57.8 Å². The van der Waals surface area contributed by atoms with Crippen molar-refractivity contribution < 1.29 is 9.90 Å². The lowest BCUT2D eigenvalue weighted by Gasteiger charge is -2.06. The van der Waals surface area contributed by atoms with Crippen molar-refractivity contribution in [3.8, 4) is 5.75 Å². The van der Waals surface area contributed by atoms with Crippen LogP contribution in [-0.4, -0.2) is 33.8 Å². The summed E-state index contributed by atoms with van der Waals surface area (Å²) < 4.78 is 0. The molecule has 3 N–H and O–H groups in total. The fourth-order valence-corrected chi connectivity index (χ4v) is 2.31. The van der Waals surface area contributed by atoms with Gasteiger partial charge in [-0.3, -0.25) is 9.59 Å². The number of phenols is 1. The molecule has 1 heterocycles. The maximum atomic E-state index is 12.0. The molecule has 1 aromatic heterocycles. The molecule has 0 aliphatic carbocycles. The number of carbonyl (C=O) groups excluding carboxylic acids is 1. The second-order valence-corrected chi connectivity index (χ2v) is 5.55. The molecule has 2 rings (SSSR count). The van der Waals surface area contributed by atoms with Crippen LogP contribution in [0.4, 0.5) is 0 Å². The highest BCUT2D eigenvalue weighted by molar-refractivity contribution is 7.97. The van der Waals surface area contributed by atoms with Crippen molar-refractivity contribution in [2.24, 2.45) is 0 Å². The Labute approximate surface area is 132 Å². The fourth-order valence-electron chi connectivity index (χ4n) is 1.90. The molecule has 22 heavy (non-hydrogen) atoms. The molecule has 0 unspecified atom stereocenters. The number of hydrogen-bond acceptors (Lipinski definition) is 5. The quantitative estimate of drug-likeness (QED) is 0.746. The summed E-state index contributed by atoms with van der Waals surface area (Å²) in [6.45, 7) is 0.427. The van der Waals surface area contributed by atoms with Crippen LogP contribution in [0.5, 0.6) is 5.75 Å². The molecule has 116 valence electrons. The zero-order chi connectivity index (χ0) is 15.9. The van der Waals surface area contributed by atoms with Gasteiger partial charge in [-0.25, -0.2) is 4.98 Å². The van der Waals surface area contributed by atoms with E-state index >= 15 is 0 Å². The van der Waals surface area contributed by atoms with Gasteiger partial charge in [0.2, 0.25) is 0 Å². The Kier molecular flexibility index (Phi) is 5.60. The number of aromatic amines is 1. The first-order valence-electron chi connectivity index (χ1n) is 6.74. The van der Waals surface area contributed by atoms with Crippen molar-refractivity contribution in [2.75, 3.05) is 12.8 Å². The van der Waals surface area contributed by atoms with Crippen LogP contribution in [0.1, 0.15) is 21.9 Å². The summed E-state index contributed by atoms with van der Waals surface area (Å²) in [5.41, 5.74) is 0.793. The number of aromatic hydroxyl groups is 1. The third-order valence-corrected chi connectivity index (χ3v) is 3.50. The van der Waals surface area contributed by atoms with Crippen molar-refractivity contribution >= 4 is 17.7 Å². The Hall–Kier alpha value is -2.28. The van der Waals surface area contributed by atoms with Gasteiger partial charge < -0.3 is 15.4 Å². The highest BCUT2D eigenvalue weighted by Gasteiger charge is 2.09. The topological polar surface area (TPSA) is 95.1 Å². The molecule has 0 bridgehead atoms. The van der Waals surface area contributed by atoms with Crippen molar-refractivity contribution in [1.29, 1.82) is 0 Å². The molecule has 6 nitrogen and oxygen atoms in total. The minimum absolute atomic E-state index is 0.124. The minimum atomic E-state index is -0.368. The Bertz CT molecular complexity index is 698. The Morgan fingerprint density at radius 1 is 1.36 bits per heavy atom. The highest BCUT2D eigenvalue weighted by Crippen LogP contribution is 2.09. The standard InChI is InChI=1S/C15H17N3O3S/c1-22-9-13-17-12(8-14(20)18-13)15(21)16-7-6-10-2-4-11(19)5-3-10/h2-5,8,19H,6-7,9H2,1H3,(H,16,21)(H,17,18,20). The van der Waals surface area contributed by atoms with Gasteiger partial charge in [-0.05, 0) is 30.4 Å². The molecule has 0 fully saturated rings. The number of phenolic OH excluding ortho intramolecular Hbond substituents is 1. The minimum Gasteiger partial charge on any atom is -0.508 e. The molecule has 0 saturated heterocycles. The number of hydrogen-bond donors (Lipinski definition) is 3. The molecule has 0 atom stereocenters. The Morgan fingerprint density at radius 3 is 2.77 bits per heavy atom. The normalized spacial score (nSPS) is 10.4. The van der Waals surface area contributed by atoms with Crippen LogP contribution < -0.4 is 10.9 Å². The number of thioether (sulfide) groups is 1. The molecule has 0 saturated carbocycles. The molecular formula is C15H17N3O3S. The number of benzene rings is 1. The van der Waals surface area contributed by atoms with E-state index in [1.807, 2.05) is 6.26 Å². The van der Waals surface area contributed by atoms with E-state index in [0.717, 1.165) is 5.56 Å². The van der Waals surface area contributed by atoms with Crippen LogP contribution in [0.3, 0.4) is 0 Å². The van der Waals surface area contributed by atoms with Gasteiger partial charge in [0.05, 0.1) is 5.75 Å². The van der Waals surface area contributed by atoms with E-state index in [0.29, 0.717) is 24.5 Å². The number of nitrogens with zero attached hydrogens (tertiary/aromatic N) is 1. The lowest BCUT2D eigenvalue weighted by atomic mass is 10.1. The first-order valence-corrected chi connectivity index (χ1v) is 8.13. The zero-order valence-corrected chi connectivity index (χ0v) is 12.9. The largest absolute Gasteiger partial charge is 0.508 e. The SMILES string of the molecule is CSCc1nc(C(=O)NCCc2ccc(O)cc2)cc(=O)[nH]1. The van der Waals surface area contributed by atoms with Gasteiger partial charge in [0.15, 0.2) is 0 Å². The first-order chi connectivity index (χ1) is 10.6. The summed E-state index contributed by atoms with van der Waals surface area (Å²) in [6, 6.07) is 7.99. The zero-order valence-electron chi connectivity index (χ0n) is 12.1. The van der Waals surface area contributed by atoms with Gasteiger partial charge in [0.25, 0.3) is 11.5 Å². The monoisotopic (exact) mass is 319 g/mol. The van der Waals surface area contributed by atoms with E-state index in [-0.39, 0.29) is 22.9 Å². The van der Waals surface area contributed by atoms with E-state index in [1.165, 1.54) is 17.8 Å². The number of rotatable bonds is 6. The molecule has 7 heteroatoms. The van der Waals surface area contributed by atoms with Crippen LogP contribution in [0.2, 0.25) is 0 Å². The first kappa shape index (κ1) is 16.1. The number of amides is 1. The molecule has 2 aromatic rings. The smallest absolute Gasteiger partial charge is 0.270 e. The van der Waals surface area contributed by atoms with Crippen LogP contribution in [0.15, 0.2) is 35.1 Å². The van der Waals surface area contributed by atoms with Gasteiger partial charge in [0.1, 0.15) is 17.3 Å². The summed E-state index contributed by atoms with van der Waals surface area (Å²) >= 11 is 1.52. The van der Waals surface area contributed by atoms with E-state index in [9.17, 15) is 14.7 Å². The molecule has 1 aromatic carbocycles. The summed E-state index contributed by atoms with van der Waals surface area (Å²) in [5.74, 6) is 0.877. The van der Waals surface area contributed by atoms with Crippen molar-refractivity contribution in [2.45, 2.75) is 12.2 Å². The predicted octanol–water partition coefficient (Wildman–Crippen LogP) is 1.31. The summed E-state index contributed by atoms with van der Waals surface area (Å²) in [7, 11) is 0. The molecule has 0 radical (unpaired) electrons. The maximum Gasteiger partial charge on any atom is 0.270 e. The number of nitrogens with one attached hydrogen (secondary N) is 2. The molecular weight excluding hydrogens is 302 g/mol. The molecule has 1 amide bonds. The van der Waals surface area contributed by atoms with Crippen molar-refractivity contribution in [1.82, 2.24) is 15.3 Å². The van der Waals surface area contributed by atoms with Crippen LogP contribution in [0.25, 0.3) is 0 Å². The second kappa shape index (κ2) is 7.65. The number of H-pyrrole nitrogens is 1. The highest BCUT2D eigenvalue weighted by atomic mass is 32.2. The van der Waals surface area contributed by atoms with Crippen LogP contribution in [0, 0.1) is 0 Å². The van der Waals surface area contributed by atoms with Crippen LogP contribution >= 0.6 is 11.8 Å². The maximum absolute atomic E-state index is 12.0. The van der Waals surface area contributed by atoms with E-state index in [1.54, 1.807) is 24.3 Å². The average molecular weight is 319 g/mol. The van der Waals surface area contributed by atoms with E-state index in [4.69, 9.17) is 0 Å². The average Bonchev–Trinajstić information content (AvgIpc) is 2.49. The molecule has 0 aliphatic heterocycles. The Balaban J connectivity index is 1.94. The summed E-state index contributed by atoms with van der Waals surface area (Å²) in [5, 5.41) is 11.9. The van der Waals surface area contributed by atoms with Gasteiger partial charge in [-0.15, -0.1) is 0 Å².